The lowest BCUT2D eigenvalue weighted by atomic mass is 9.88. The van der Waals surface area contributed by atoms with E-state index in [1.165, 1.54) is 43.0 Å². The lowest BCUT2D eigenvalue weighted by Gasteiger charge is -2.43. The maximum Gasteiger partial charge on any atom is 0.423 e. The summed E-state index contributed by atoms with van der Waals surface area (Å²) in [6.07, 6.45) is -3.30. The molecule has 1 N–H and O–H groups in total. The van der Waals surface area contributed by atoms with Crippen LogP contribution in [0, 0.1) is 11.7 Å². The minimum absolute atomic E-state index is 0.0840. The zero-order valence-corrected chi connectivity index (χ0v) is 20.6. The predicted octanol–water partition coefficient (Wildman–Crippen LogP) is 4.64. The molecule has 0 spiro atoms. The Morgan fingerprint density at radius 1 is 1.24 bits per heavy atom. The molecular weight excluding hydrogens is 518 g/mol. The Labute approximate surface area is 213 Å². The number of hydrogen-bond donors (Lipinski definition) is 1. The van der Waals surface area contributed by atoms with Crippen LogP contribution in [0.2, 0.25) is 0 Å². The molecule has 0 bridgehead atoms. The van der Waals surface area contributed by atoms with Crippen LogP contribution in [-0.4, -0.2) is 62.7 Å². The Balaban J connectivity index is 1.64. The summed E-state index contributed by atoms with van der Waals surface area (Å²) in [5.74, 6) is -6.34. The molecule has 38 heavy (non-hydrogen) atoms. The number of amides is 1. The molecule has 8 nitrogen and oxygen atoms in total. The average Bonchev–Trinajstić information content (AvgIpc) is 3.22. The second-order valence-corrected chi connectivity index (χ2v) is 9.08. The van der Waals surface area contributed by atoms with Gasteiger partial charge in [-0.25, -0.2) is 18.2 Å². The van der Waals surface area contributed by atoms with Crippen LogP contribution in [0.1, 0.15) is 29.4 Å². The van der Waals surface area contributed by atoms with Crippen LogP contribution in [0.4, 0.5) is 32.3 Å². The molecule has 1 fully saturated rings. The van der Waals surface area contributed by atoms with Gasteiger partial charge in [0, 0.05) is 43.5 Å². The number of anilines is 1. The van der Waals surface area contributed by atoms with Gasteiger partial charge < -0.3 is 15.0 Å². The van der Waals surface area contributed by atoms with Gasteiger partial charge in [-0.15, -0.1) is 0 Å². The van der Waals surface area contributed by atoms with Gasteiger partial charge in [0.05, 0.1) is 19.7 Å². The molecule has 3 heterocycles. The number of nitrogens with one attached hydrogen (secondary N) is 1. The number of likely N-dealkylation sites (tertiary alicyclic amines) is 1. The number of nitrogens with zero attached hydrogens (tertiary/aromatic N) is 5. The topological polar surface area (TPSA) is 85.2 Å². The molecular formula is C24H24F6N6O2. The lowest BCUT2D eigenvalue weighted by Crippen LogP contribution is -2.57. The largest absolute Gasteiger partial charge is 0.480 e. The van der Waals surface area contributed by atoms with Gasteiger partial charge in [-0.1, -0.05) is 25.1 Å². The fraction of sp³-hybridized carbons (Fsp3) is 0.417. The van der Waals surface area contributed by atoms with E-state index in [0.29, 0.717) is 6.20 Å². The molecule has 1 aromatic carbocycles. The molecule has 1 saturated heterocycles. The SMILES string of the molecule is COc1nc(NC[C@@H]2[C@H](C)CC(F)(F)CN2C(=O)c2nn(C)cc2-c2ccccc2F)ncc1C(F)(F)F. The number of carbonyl (C=O) groups excluding carboxylic acids is 1. The normalized spacial score (nSPS) is 19.3. The minimum atomic E-state index is -4.74. The molecule has 204 valence electrons. The molecule has 3 aromatic rings. The number of benzene rings is 1. The van der Waals surface area contributed by atoms with Crippen LogP contribution in [0.3, 0.4) is 0 Å². The Morgan fingerprint density at radius 3 is 2.61 bits per heavy atom. The molecule has 2 atom stereocenters. The van der Waals surface area contributed by atoms with Crippen LogP contribution in [-0.2, 0) is 13.2 Å². The van der Waals surface area contributed by atoms with Crippen LogP contribution >= 0.6 is 0 Å². The average molecular weight is 542 g/mol. The van der Waals surface area contributed by atoms with E-state index in [-0.39, 0.29) is 29.3 Å². The number of hydrogen-bond acceptors (Lipinski definition) is 6. The van der Waals surface area contributed by atoms with Crippen molar-refractivity contribution in [3.8, 4) is 17.0 Å². The highest BCUT2D eigenvalue weighted by Gasteiger charge is 2.47. The quantitative estimate of drug-likeness (QED) is 0.457. The maximum atomic E-state index is 14.6. The number of piperidine rings is 1. The summed E-state index contributed by atoms with van der Waals surface area (Å²) in [4.78, 5) is 21.9. The summed E-state index contributed by atoms with van der Waals surface area (Å²) in [5.41, 5.74) is -1.16. The second kappa shape index (κ2) is 10.1. The number of aromatic nitrogens is 4. The summed E-state index contributed by atoms with van der Waals surface area (Å²) in [7, 11) is 2.54. The third-order valence-electron chi connectivity index (χ3n) is 6.26. The fourth-order valence-electron chi connectivity index (χ4n) is 4.54. The molecule has 1 aliphatic rings. The van der Waals surface area contributed by atoms with Crippen molar-refractivity contribution in [2.45, 2.75) is 31.5 Å². The van der Waals surface area contributed by atoms with E-state index in [1.54, 1.807) is 6.07 Å². The fourth-order valence-corrected chi connectivity index (χ4v) is 4.54. The van der Waals surface area contributed by atoms with E-state index in [4.69, 9.17) is 4.74 Å². The van der Waals surface area contributed by atoms with Crippen LogP contribution in [0.15, 0.2) is 36.7 Å². The van der Waals surface area contributed by atoms with E-state index >= 15 is 0 Å². The highest BCUT2D eigenvalue weighted by atomic mass is 19.4. The van der Waals surface area contributed by atoms with Crippen molar-refractivity contribution < 1.29 is 35.9 Å². The van der Waals surface area contributed by atoms with Crippen molar-refractivity contribution in [2.24, 2.45) is 13.0 Å². The van der Waals surface area contributed by atoms with Crippen LogP contribution < -0.4 is 10.1 Å². The molecule has 0 unspecified atom stereocenters. The Morgan fingerprint density at radius 2 is 1.95 bits per heavy atom. The highest BCUT2D eigenvalue weighted by Crippen LogP contribution is 2.37. The van der Waals surface area contributed by atoms with Gasteiger partial charge in [0.2, 0.25) is 11.8 Å². The molecule has 0 aliphatic carbocycles. The first kappa shape index (κ1) is 27.2. The van der Waals surface area contributed by atoms with Gasteiger partial charge in [0.15, 0.2) is 5.69 Å². The zero-order chi connectivity index (χ0) is 27.8. The first-order valence-electron chi connectivity index (χ1n) is 11.5. The van der Waals surface area contributed by atoms with Crippen molar-refractivity contribution in [1.82, 2.24) is 24.6 Å². The summed E-state index contributed by atoms with van der Waals surface area (Å²) in [6, 6.07) is 4.87. The van der Waals surface area contributed by atoms with Crippen molar-refractivity contribution in [1.29, 1.82) is 0 Å². The third-order valence-corrected chi connectivity index (χ3v) is 6.26. The van der Waals surface area contributed by atoms with Crippen molar-refractivity contribution in [3.63, 3.8) is 0 Å². The monoisotopic (exact) mass is 542 g/mol. The zero-order valence-electron chi connectivity index (χ0n) is 20.6. The van der Waals surface area contributed by atoms with Gasteiger partial charge in [-0.05, 0) is 12.0 Å². The standard InChI is InChI=1S/C24H24F6N6O2/c1-13-8-23(26,27)12-36(18(13)10-32-22-31-9-16(24(28,29)30)20(33-22)38-3)21(37)19-15(11-35(2)34-19)14-6-4-5-7-17(14)25/h4-7,9,11,13,18H,8,10,12H2,1-3H3,(H,31,32,33)/t13-,18-/m1/s1. The van der Waals surface area contributed by atoms with Gasteiger partial charge in [0.25, 0.3) is 11.8 Å². The predicted molar refractivity (Wildman–Crippen MR) is 124 cm³/mol. The van der Waals surface area contributed by atoms with E-state index < -0.39 is 60.2 Å². The number of aryl methyl sites for hydroxylation is 1. The summed E-state index contributed by atoms with van der Waals surface area (Å²) in [6.45, 7) is 0.455. The Kier molecular flexibility index (Phi) is 7.26. The molecule has 1 amide bonds. The van der Waals surface area contributed by atoms with Crippen molar-refractivity contribution >= 4 is 11.9 Å². The molecule has 4 rings (SSSR count). The number of carbonyl (C=O) groups is 1. The summed E-state index contributed by atoms with van der Waals surface area (Å²) >= 11 is 0. The Hall–Kier alpha value is -3.84. The minimum Gasteiger partial charge on any atom is -0.480 e. The van der Waals surface area contributed by atoms with Crippen LogP contribution in [0.25, 0.3) is 11.1 Å². The second-order valence-electron chi connectivity index (χ2n) is 9.08. The smallest absolute Gasteiger partial charge is 0.423 e. The molecule has 0 saturated carbocycles. The Bertz CT molecular complexity index is 1330. The van der Waals surface area contributed by atoms with Gasteiger partial charge >= 0.3 is 6.18 Å². The van der Waals surface area contributed by atoms with Crippen LogP contribution in [0.5, 0.6) is 5.88 Å². The molecule has 1 aliphatic heterocycles. The molecule has 0 radical (unpaired) electrons. The third kappa shape index (κ3) is 5.53. The first-order valence-corrected chi connectivity index (χ1v) is 11.5. The van der Waals surface area contributed by atoms with Gasteiger partial charge in [0.1, 0.15) is 11.4 Å². The van der Waals surface area contributed by atoms with E-state index in [0.717, 1.165) is 12.0 Å². The van der Waals surface area contributed by atoms with Gasteiger partial charge in [-0.3, -0.25) is 9.48 Å². The molecule has 14 heteroatoms. The summed E-state index contributed by atoms with van der Waals surface area (Å²) < 4.78 is 89.1. The maximum absolute atomic E-state index is 14.6. The number of rotatable bonds is 6. The van der Waals surface area contributed by atoms with E-state index in [1.807, 2.05) is 0 Å². The lowest BCUT2D eigenvalue weighted by molar-refractivity contribution is -0.139. The number of alkyl halides is 5. The number of halogens is 6. The number of ether oxygens (including phenoxy) is 1. The highest BCUT2D eigenvalue weighted by molar-refractivity contribution is 5.99. The first-order chi connectivity index (χ1) is 17.8. The summed E-state index contributed by atoms with van der Waals surface area (Å²) in [5, 5.41) is 6.86. The van der Waals surface area contributed by atoms with E-state index in [9.17, 15) is 31.1 Å². The van der Waals surface area contributed by atoms with Crippen molar-refractivity contribution in [3.05, 3.63) is 53.7 Å². The number of methoxy groups -OCH3 is 1. The molecule has 2 aromatic heterocycles. The van der Waals surface area contributed by atoms with Gasteiger partial charge in [-0.2, -0.15) is 23.3 Å². The van der Waals surface area contributed by atoms with Crippen molar-refractivity contribution in [2.75, 3.05) is 25.5 Å². The van der Waals surface area contributed by atoms with E-state index in [2.05, 4.69) is 20.4 Å².